The van der Waals surface area contributed by atoms with E-state index in [2.05, 4.69) is 22.1 Å². The second kappa shape index (κ2) is 8.08. The van der Waals surface area contributed by atoms with Crippen LogP contribution >= 0.6 is 34.8 Å². The Morgan fingerprint density at radius 2 is 1.71 bits per heavy atom. The highest BCUT2D eigenvalue weighted by molar-refractivity contribution is 6.36. The first-order valence-corrected chi connectivity index (χ1v) is 10.1. The summed E-state index contributed by atoms with van der Waals surface area (Å²) in [6.45, 7) is 1.48. The van der Waals surface area contributed by atoms with Gasteiger partial charge in [-0.15, -0.1) is 0 Å². The van der Waals surface area contributed by atoms with Gasteiger partial charge in [-0.05, 0) is 54.4 Å². The lowest BCUT2D eigenvalue weighted by Crippen LogP contribution is -2.38. The van der Waals surface area contributed by atoms with E-state index in [1.54, 1.807) is 18.2 Å². The molecule has 2 amide bonds. The number of carbonyl (C=O) groups excluding carboxylic acids is 1. The molecule has 3 aromatic rings. The van der Waals surface area contributed by atoms with E-state index in [1.807, 2.05) is 35.2 Å². The molecule has 0 saturated heterocycles. The number of amides is 2. The zero-order valence-corrected chi connectivity index (χ0v) is 17.2. The summed E-state index contributed by atoms with van der Waals surface area (Å²) in [5.74, 6) is 0. The lowest BCUT2D eigenvalue weighted by molar-refractivity contribution is 0.199. The van der Waals surface area contributed by atoms with E-state index in [-0.39, 0.29) is 12.1 Å². The minimum atomic E-state index is -0.221. The minimum absolute atomic E-state index is 0.209. The highest BCUT2D eigenvalue weighted by atomic mass is 35.5. The summed E-state index contributed by atoms with van der Waals surface area (Å²) in [4.78, 5) is 15.1. The molecule has 0 bridgehead atoms. The molecule has 0 fully saturated rings. The first kappa shape index (κ1) is 19.2. The molecule has 1 N–H and O–H groups in total. The molecule has 4 rings (SSSR count). The van der Waals surface area contributed by atoms with Crippen molar-refractivity contribution >= 4 is 46.5 Å². The van der Waals surface area contributed by atoms with Crippen molar-refractivity contribution in [1.82, 2.24) is 9.47 Å². The fourth-order valence-electron chi connectivity index (χ4n) is 3.57. The van der Waals surface area contributed by atoms with Crippen LogP contribution in [0.3, 0.4) is 0 Å². The summed E-state index contributed by atoms with van der Waals surface area (Å²) in [6, 6.07) is 16.3. The third-order valence-electron chi connectivity index (χ3n) is 4.87. The second-order valence-electron chi connectivity index (χ2n) is 6.68. The molecule has 1 unspecified atom stereocenters. The van der Waals surface area contributed by atoms with Crippen molar-refractivity contribution in [3.8, 4) is 0 Å². The molecule has 4 nitrogen and oxygen atoms in total. The number of benzene rings is 2. The predicted octanol–water partition coefficient (Wildman–Crippen LogP) is 6.48. The van der Waals surface area contributed by atoms with Crippen LogP contribution in [0, 0.1) is 0 Å². The highest BCUT2D eigenvalue weighted by Crippen LogP contribution is 2.34. The largest absolute Gasteiger partial charge is 0.349 e. The normalized spacial score (nSPS) is 16.4. The molecule has 0 spiro atoms. The van der Waals surface area contributed by atoms with Crippen molar-refractivity contribution in [2.75, 3.05) is 11.9 Å². The number of nitrogens with zero attached hydrogens (tertiary/aromatic N) is 2. The van der Waals surface area contributed by atoms with Crippen LogP contribution in [0.4, 0.5) is 10.5 Å². The van der Waals surface area contributed by atoms with E-state index in [0.29, 0.717) is 27.3 Å². The van der Waals surface area contributed by atoms with Gasteiger partial charge >= 0.3 is 6.03 Å². The molecule has 2 aromatic carbocycles. The molecule has 1 aromatic heterocycles. The van der Waals surface area contributed by atoms with Gasteiger partial charge in [0.1, 0.15) is 0 Å². The van der Waals surface area contributed by atoms with E-state index in [4.69, 9.17) is 34.8 Å². The van der Waals surface area contributed by atoms with E-state index in [1.165, 1.54) is 0 Å². The van der Waals surface area contributed by atoms with Crippen LogP contribution in [-0.2, 0) is 6.54 Å². The quantitative estimate of drug-likeness (QED) is 0.493. The lowest BCUT2D eigenvalue weighted by atomic mass is 10.0. The Kier molecular flexibility index (Phi) is 5.54. The third-order valence-corrected chi connectivity index (χ3v) is 5.67. The summed E-state index contributed by atoms with van der Waals surface area (Å²) >= 11 is 18.3. The second-order valence-corrected chi connectivity index (χ2v) is 7.96. The first-order chi connectivity index (χ1) is 13.5. The van der Waals surface area contributed by atoms with Crippen molar-refractivity contribution in [3.05, 3.63) is 87.1 Å². The Bertz CT molecular complexity index is 1000. The van der Waals surface area contributed by atoms with Crippen molar-refractivity contribution in [2.24, 2.45) is 0 Å². The lowest BCUT2D eigenvalue weighted by Gasteiger charge is -2.31. The van der Waals surface area contributed by atoms with Gasteiger partial charge in [0.05, 0.1) is 16.8 Å². The maximum atomic E-state index is 13.2. The molecule has 0 saturated carbocycles. The molecule has 2 heterocycles. The molecule has 0 radical (unpaired) electrons. The molecular weight excluding hydrogens is 417 g/mol. The predicted molar refractivity (Wildman–Crippen MR) is 115 cm³/mol. The topological polar surface area (TPSA) is 37.3 Å². The number of anilines is 1. The molecule has 7 heteroatoms. The smallest absolute Gasteiger partial charge is 0.322 e. The Morgan fingerprint density at radius 3 is 2.46 bits per heavy atom. The Labute approximate surface area is 178 Å². The minimum Gasteiger partial charge on any atom is -0.349 e. The number of hydrogen-bond acceptors (Lipinski definition) is 1. The van der Waals surface area contributed by atoms with Gasteiger partial charge in [-0.1, -0.05) is 46.9 Å². The third kappa shape index (κ3) is 3.86. The zero-order valence-electron chi connectivity index (χ0n) is 14.9. The van der Waals surface area contributed by atoms with Crippen LogP contribution < -0.4 is 5.32 Å². The number of aryl methyl sites for hydroxylation is 1. The molecular formula is C21H18Cl3N3O. The Morgan fingerprint density at radius 1 is 0.964 bits per heavy atom. The number of urea groups is 1. The number of carbonyl (C=O) groups is 1. The molecule has 1 atom stereocenters. The summed E-state index contributed by atoms with van der Waals surface area (Å²) in [5.41, 5.74) is 2.60. The highest BCUT2D eigenvalue weighted by Gasteiger charge is 2.31. The van der Waals surface area contributed by atoms with Crippen molar-refractivity contribution < 1.29 is 4.79 Å². The van der Waals surface area contributed by atoms with Crippen LogP contribution in [0.5, 0.6) is 0 Å². The van der Waals surface area contributed by atoms with E-state index in [9.17, 15) is 4.79 Å². The van der Waals surface area contributed by atoms with Crippen molar-refractivity contribution in [3.63, 3.8) is 0 Å². The number of hydrogen-bond donors (Lipinski definition) is 1. The van der Waals surface area contributed by atoms with Crippen LogP contribution in [0.2, 0.25) is 15.1 Å². The Hall–Kier alpha value is -2.14. The maximum absolute atomic E-state index is 13.2. The van der Waals surface area contributed by atoms with Crippen molar-refractivity contribution in [1.29, 1.82) is 0 Å². The number of nitrogens with one attached hydrogen (secondary N) is 1. The van der Waals surface area contributed by atoms with Gasteiger partial charge in [0.25, 0.3) is 0 Å². The van der Waals surface area contributed by atoms with Gasteiger partial charge in [-0.2, -0.15) is 0 Å². The monoisotopic (exact) mass is 433 g/mol. The van der Waals surface area contributed by atoms with Gasteiger partial charge in [0.15, 0.2) is 0 Å². The molecule has 144 valence electrons. The zero-order chi connectivity index (χ0) is 19.7. The maximum Gasteiger partial charge on any atom is 0.322 e. The summed E-state index contributed by atoms with van der Waals surface area (Å²) in [7, 11) is 0. The van der Waals surface area contributed by atoms with Gasteiger partial charge in [0, 0.05) is 35.0 Å². The number of aromatic nitrogens is 1. The Balaban J connectivity index is 1.70. The SMILES string of the molecule is O=C(Nc1ccc(Cl)cc1Cl)N1CCCn2cccc2C1c1ccc(Cl)cc1. The summed E-state index contributed by atoms with van der Waals surface area (Å²) < 4.78 is 2.20. The van der Waals surface area contributed by atoms with Crippen LogP contribution in [0.25, 0.3) is 0 Å². The average molecular weight is 435 g/mol. The van der Waals surface area contributed by atoms with E-state index in [0.717, 1.165) is 24.2 Å². The van der Waals surface area contributed by atoms with E-state index < -0.39 is 0 Å². The standard InChI is InChI=1S/C21H18Cl3N3O/c22-15-6-4-14(5-7-15)20-19-3-1-10-26(19)11-2-12-27(20)21(28)25-18-9-8-16(23)13-17(18)24/h1,3-10,13,20H,2,11-12H2,(H,25,28). The number of halogens is 3. The molecule has 0 aliphatic carbocycles. The van der Waals surface area contributed by atoms with Gasteiger partial charge in [-0.3, -0.25) is 0 Å². The fraction of sp³-hybridized carbons (Fsp3) is 0.190. The van der Waals surface area contributed by atoms with Gasteiger partial charge < -0.3 is 14.8 Å². The average Bonchev–Trinajstić information content (AvgIpc) is 3.05. The van der Waals surface area contributed by atoms with Gasteiger partial charge in [0.2, 0.25) is 0 Å². The molecule has 1 aliphatic rings. The van der Waals surface area contributed by atoms with Crippen LogP contribution in [0.15, 0.2) is 60.8 Å². The summed E-state index contributed by atoms with van der Waals surface area (Å²) in [5, 5.41) is 4.52. The number of rotatable bonds is 2. The molecule has 1 aliphatic heterocycles. The van der Waals surface area contributed by atoms with E-state index >= 15 is 0 Å². The van der Waals surface area contributed by atoms with Crippen LogP contribution in [-0.4, -0.2) is 22.0 Å². The first-order valence-electron chi connectivity index (χ1n) is 8.96. The fourth-order valence-corrected chi connectivity index (χ4v) is 4.15. The van der Waals surface area contributed by atoms with Gasteiger partial charge in [-0.25, -0.2) is 4.79 Å². The summed E-state index contributed by atoms with van der Waals surface area (Å²) in [6.07, 6.45) is 2.91. The molecule has 28 heavy (non-hydrogen) atoms. The van der Waals surface area contributed by atoms with Crippen LogP contribution in [0.1, 0.15) is 23.7 Å². The van der Waals surface area contributed by atoms with Crippen molar-refractivity contribution in [2.45, 2.75) is 19.0 Å². The number of fused-ring (bicyclic) bond motifs is 1.